The number of nitrogens with one attached hydrogen (secondary N) is 1. The summed E-state index contributed by atoms with van der Waals surface area (Å²) in [6, 6.07) is 16.9. The first kappa shape index (κ1) is 20.8. The fourth-order valence-corrected chi connectivity index (χ4v) is 3.58. The molecule has 1 amide bonds. The molecular formula is C24H26N4O3. The molecule has 0 fully saturated rings. The van der Waals surface area contributed by atoms with E-state index >= 15 is 0 Å². The third kappa shape index (κ3) is 4.51. The van der Waals surface area contributed by atoms with E-state index < -0.39 is 0 Å². The van der Waals surface area contributed by atoms with E-state index in [4.69, 9.17) is 4.74 Å². The molecule has 0 aliphatic heterocycles. The molecule has 7 nitrogen and oxygen atoms in total. The molecule has 0 saturated heterocycles. The highest BCUT2D eigenvalue weighted by molar-refractivity contribution is 5.97. The van der Waals surface area contributed by atoms with Crippen molar-refractivity contribution < 1.29 is 9.53 Å². The second-order valence-electron chi connectivity index (χ2n) is 7.74. The number of benzene rings is 2. The van der Waals surface area contributed by atoms with E-state index in [-0.39, 0.29) is 17.6 Å². The van der Waals surface area contributed by atoms with Gasteiger partial charge in [0, 0.05) is 18.7 Å². The summed E-state index contributed by atoms with van der Waals surface area (Å²) in [5.41, 5.74) is 3.32. The average molecular weight is 418 g/mol. The van der Waals surface area contributed by atoms with E-state index in [1.54, 1.807) is 33.5 Å². The maximum Gasteiger partial charge on any atom is 0.277 e. The summed E-state index contributed by atoms with van der Waals surface area (Å²) in [4.78, 5) is 25.9. The highest BCUT2D eigenvalue weighted by Gasteiger charge is 2.14. The van der Waals surface area contributed by atoms with E-state index in [1.165, 1.54) is 0 Å². The van der Waals surface area contributed by atoms with Crippen molar-refractivity contribution in [2.45, 2.75) is 32.9 Å². The van der Waals surface area contributed by atoms with Gasteiger partial charge in [-0.25, -0.2) is 4.52 Å². The van der Waals surface area contributed by atoms with Crippen LogP contribution in [0.2, 0.25) is 0 Å². The Morgan fingerprint density at radius 2 is 1.87 bits per heavy atom. The fraction of sp³-hybridized carbons (Fsp3) is 0.292. The molecule has 2 aromatic carbocycles. The van der Waals surface area contributed by atoms with Gasteiger partial charge in [0.2, 0.25) is 0 Å². The number of rotatable bonds is 8. The number of carbonyl (C=O) groups excluding carboxylic acids is 1. The predicted molar refractivity (Wildman–Crippen MR) is 121 cm³/mol. The Morgan fingerprint density at radius 3 is 2.65 bits per heavy atom. The van der Waals surface area contributed by atoms with Crippen molar-refractivity contribution in [2.24, 2.45) is 0 Å². The Labute approximate surface area is 180 Å². The lowest BCUT2D eigenvalue weighted by Crippen LogP contribution is -2.27. The molecule has 0 bridgehead atoms. The van der Waals surface area contributed by atoms with Crippen molar-refractivity contribution in [1.29, 1.82) is 0 Å². The summed E-state index contributed by atoms with van der Waals surface area (Å²) < 4.78 is 8.84. The molecule has 4 rings (SSSR count). The van der Waals surface area contributed by atoms with E-state index in [2.05, 4.69) is 10.4 Å². The topological polar surface area (TPSA) is 77.6 Å². The summed E-state index contributed by atoms with van der Waals surface area (Å²) in [5, 5.41) is 7.23. The van der Waals surface area contributed by atoms with Crippen molar-refractivity contribution in [1.82, 2.24) is 19.5 Å². The highest BCUT2D eigenvalue weighted by Crippen LogP contribution is 2.18. The Balaban J connectivity index is 1.67. The number of amides is 1. The van der Waals surface area contributed by atoms with Crippen LogP contribution in [0.25, 0.3) is 16.6 Å². The number of fused-ring (bicyclic) bond motifs is 3. The minimum absolute atomic E-state index is 0.141. The number of aromatic nitrogens is 3. The zero-order valence-electron chi connectivity index (χ0n) is 17.7. The maximum absolute atomic E-state index is 13.2. The van der Waals surface area contributed by atoms with Gasteiger partial charge in [-0.1, -0.05) is 30.3 Å². The van der Waals surface area contributed by atoms with Crippen LogP contribution in [0, 0.1) is 0 Å². The van der Waals surface area contributed by atoms with Gasteiger partial charge in [-0.05, 0) is 50.1 Å². The molecule has 2 heterocycles. The Hall–Kier alpha value is -3.45. The maximum atomic E-state index is 13.2. The van der Waals surface area contributed by atoms with Crippen LogP contribution < -0.4 is 10.9 Å². The third-order valence-corrected chi connectivity index (χ3v) is 5.10. The van der Waals surface area contributed by atoms with Crippen molar-refractivity contribution in [2.75, 3.05) is 13.2 Å². The molecule has 160 valence electrons. The van der Waals surface area contributed by atoms with Crippen molar-refractivity contribution in [3.05, 3.63) is 82.3 Å². The largest absolute Gasteiger partial charge is 0.379 e. The van der Waals surface area contributed by atoms with Gasteiger partial charge in [0.1, 0.15) is 5.52 Å². The fourth-order valence-electron chi connectivity index (χ4n) is 3.58. The monoisotopic (exact) mass is 418 g/mol. The minimum atomic E-state index is -0.175. The van der Waals surface area contributed by atoms with Crippen molar-refractivity contribution >= 4 is 22.5 Å². The van der Waals surface area contributed by atoms with Gasteiger partial charge in [-0.3, -0.25) is 9.59 Å². The summed E-state index contributed by atoms with van der Waals surface area (Å²) >= 11 is 0. The summed E-state index contributed by atoms with van der Waals surface area (Å²) in [6.07, 6.45) is 2.53. The lowest BCUT2D eigenvalue weighted by molar-refractivity contribution is 0.0757. The molecule has 0 aliphatic carbocycles. The molecule has 7 heteroatoms. The van der Waals surface area contributed by atoms with Gasteiger partial charge in [-0.2, -0.15) is 5.10 Å². The highest BCUT2D eigenvalue weighted by atomic mass is 16.5. The molecule has 4 aromatic rings. The van der Waals surface area contributed by atoms with Gasteiger partial charge in [-0.15, -0.1) is 0 Å². The zero-order chi connectivity index (χ0) is 21.8. The molecule has 0 atom stereocenters. The van der Waals surface area contributed by atoms with Crippen LogP contribution in [-0.4, -0.2) is 39.3 Å². The van der Waals surface area contributed by atoms with Crippen LogP contribution in [0.3, 0.4) is 0 Å². The van der Waals surface area contributed by atoms with E-state index in [0.717, 1.165) is 17.5 Å². The molecule has 0 aliphatic rings. The molecule has 1 N–H and O–H groups in total. The number of carbonyl (C=O) groups is 1. The first-order valence-electron chi connectivity index (χ1n) is 10.5. The third-order valence-electron chi connectivity index (χ3n) is 5.10. The SMILES string of the molecule is CC(C)OCCCNC(=O)c1ccc2c(c1)n(Cc1ccccc1)c(=O)c1ccnn12. The number of hydrogen-bond donors (Lipinski definition) is 1. The van der Waals surface area contributed by atoms with E-state index in [1.807, 2.05) is 50.2 Å². The first-order chi connectivity index (χ1) is 15.0. The Bertz CT molecular complexity index is 1260. The second kappa shape index (κ2) is 9.14. The standard InChI is InChI=1S/C24H26N4O3/c1-17(2)31-14-6-12-25-23(29)19-9-10-20-22(15-19)27(16-18-7-4-3-5-8-18)24(30)21-11-13-26-28(20)21/h3-5,7-11,13,15,17H,6,12,14,16H2,1-2H3,(H,25,29). The zero-order valence-corrected chi connectivity index (χ0v) is 17.7. The molecule has 0 unspecified atom stereocenters. The number of ether oxygens (including phenoxy) is 1. The van der Waals surface area contributed by atoms with Gasteiger partial charge in [0.15, 0.2) is 0 Å². The van der Waals surface area contributed by atoms with Gasteiger partial charge in [0.05, 0.1) is 29.9 Å². The summed E-state index contributed by atoms with van der Waals surface area (Å²) in [5.74, 6) is -0.175. The molecular weight excluding hydrogens is 392 g/mol. The van der Waals surface area contributed by atoms with Crippen LogP contribution in [0.15, 0.2) is 65.6 Å². The van der Waals surface area contributed by atoms with Gasteiger partial charge >= 0.3 is 0 Å². The van der Waals surface area contributed by atoms with Crippen LogP contribution in [-0.2, 0) is 11.3 Å². The number of nitrogens with zero attached hydrogens (tertiary/aromatic N) is 3. The summed E-state index contributed by atoms with van der Waals surface area (Å²) in [6.45, 7) is 5.51. The van der Waals surface area contributed by atoms with Crippen molar-refractivity contribution in [3.8, 4) is 0 Å². The van der Waals surface area contributed by atoms with Gasteiger partial charge < -0.3 is 14.6 Å². The lowest BCUT2D eigenvalue weighted by Gasteiger charge is -2.14. The average Bonchev–Trinajstić information content (AvgIpc) is 3.27. The van der Waals surface area contributed by atoms with Gasteiger partial charge in [0.25, 0.3) is 11.5 Å². The minimum Gasteiger partial charge on any atom is -0.379 e. The molecule has 2 aromatic heterocycles. The Kier molecular flexibility index (Phi) is 6.13. The second-order valence-corrected chi connectivity index (χ2v) is 7.74. The normalized spacial score (nSPS) is 11.5. The predicted octanol–water partition coefficient (Wildman–Crippen LogP) is 3.24. The van der Waals surface area contributed by atoms with E-state index in [0.29, 0.717) is 36.3 Å². The quantitative estimate of drug-likeness (QED) is 0.446. The molecule has 0 spiro atoms. The molecule has 0 saturated carbocycles. The first-order valence-corrected chi connectivity index (χ1v) is 10.5. The van der Waals surface area contributed by atoms with Crippen LogP contribution in [0.4, 0.5) is 0 Å². The van der Waals surface area contributed by atoms with Crippen LogP contribution in [0.5, 0.6) is 0 Å². The molecule has 31 heavy (non-hydrogen) atoms. The smallest absolute Gasteiger partial charge is 0.277 e. The summed E-state index contributed by atoms with van der Waals surface area (Å²) in [7, 11) is 0. The molecule has 0 radical (unpaired) electrons. The Morgan fingerprint density at radius 1 is 1.06 bits per heavy atom. The van der Waals surface area contributed by atoms with E-state index in [9.17, 15) is 9.59 Å². The van der Waals surface area contributed by atoms with Crippen LogP contribution >= 0.6 is 0 Å². The van der Waals surface area contributed by atoms with Crippen molar-refractivity contribution in [3.63, 3.8) is 0 Å². The van der Waals surface area contributed by atoms with Crippen LogP contribution in [0.1, 0.15) is 36.2 Å². The lowest BCUT2D eigenvalue weighted by atomic mass is 10.1. The number of hydrogen-bond acceptors (Lipinski definition) is 4.